The van der Waals surface area contributed by atoms with Crippen molar-refractivity contribution >= 4 is 37.5 Å². The first-order valence-electron chi connectivity index (χ1n) is 7.26. The highest BCUT2D eigenvalue weighted by molar-refractivity contribution is 9.09. The zero-order valence-corrected chi connectivity index (χ0v) is 15.7. The van der Waals surface area contributed by atoms with E-state index in [0.717, 1.165) is 17.7 Å². The molecule has 0 aliphatic rings. The molecular weight excluding hydrogens is 410 g/mol. The molecule has 0 bridgehead atoms. The highest BCUT2D eigenvalue weighted by Gasteiger charge is 2.17. The maximum absolute atomic E-state index is 12.4. The molecular formula is C16H16BrN3O4S. The Bertz CT molecular complexity index is 868. The predicted octanol–water partition coefficient (Wildman–Crippen LogP) is 3.43. The average Bonchev–Trinajstić information content (AvgIpc) is 2.60. The molecule has 2 rings (SSSR count). The van der Waals surface area contributed by atoms with Crippen LogP contribution in [0, 0.1) is 10.1 Å². The van der Waals surface area contributed by atoms with Gasteiger partial charge in [-0.2, -0.15) is 0 Å². The minimum atomic E-state index is -3.86. The second-order valence-electron chi connectivity index (χ2n) is 5.15. The molecule has 25 heavy (non-hydrogen) atoms. The molecule has 0 amide bonds. The zero-order chi connectivity index (χ0) is 18.4. The van der Waals surface area contributed by atoms with Gasteiger partial charge in [0.2, 0.25) is 0 Å². The van der Waals surface area contributed by atoms with Crippen molar-refractivity contribution in [3.63, 3.8) is 0 Å². The molecule has 2 aromatic carbocycles. The van der Waals surface area contributed by atoms with Crippen LogP contribution in [0.25, 0.3) is 0 Å². The Morgan fingerprint density at radius 1 is 1.20 bits per heavy atom. The molecule has 0 radical (unpaired) electrons. The lowest BCUT2D eigenvalue weighted by molar-refractivity contribution is -0.384. The molecule has 2 aromatic rings. The lowest BCUT2D eigenvalue weighted by Gasteiger charge is -2.13. The van der Waals surface area contributed by atoms with Crippen molar-refractivity contribution in [3.05, 3.63) is 70.3 Å². The summed E-state index contributed by atoms with van der Waals surface area (Å²) >= 11 is 3.38. The van der Waals surface area contributed by atoms with Gasteiger partial charge < -0.3 is 0 Å². The zero-order valence-electron chi connectivity index (χ0n) is 13.3. The lowest BCUT2D eigenvalue weighted by atomic mass is 10.1. The van der Waals surface area contributed by atoms with Crippen LogP contribution < -0.4 is 4.72 Å². The van der Waals surface area contributed by atoms with Crippen molar-refractivity contribution in [2.24, 2.45) is 4.99 Å². The van der Waals surface area contributed by atoms with Crippen LogP contribution in [0.3, 0.4) is 0 Å². The van der Waals surface area contributed by atoms with Crippen molar-refractivity contribution in [1.29, 1.82) is 0 Å². The number of nitrogens with one attached hydrogen (secondary N) is 1. The fourth-order valence-electron chi connectivity index (χ4n) is 2.13. The second kappa shape index (κ2) is 8.21. The van der Waals surface area contributed by atoms with Gasteiger partial charge in [0.25, 0.3) is 15.7 Å². The first kappa shape index (κ1) is 19.1. The monoisotopic (exact) mass is 425 g/mol. The smallest absolute Gasteiger partial charge is 0.267 e. The summed E-state index contributed by atoms with van der Waals surface area (Å²) in [6.07, 6.45) is 0. The predicted molar refractivity (Wildman–Crippen MR) is 99.5 cm³/mol. The summed E-state index contributed by atoms with van der Waals surface area (Å²) in [7, 11) is -3.86. The van der Waals surface area contributed by atoms with E-state index in [0.29, 0.717) is 5.33 Å². The lowest BCUT2D eigenvalue weighted by Crippen LogP contribution is -2.29. The standard InChI is InChI=1S/C16H16BrN3O4S/c1-12(18-16(11-17)13-5-3-2-4-6-13)19-25(23,24)15-9-7-14(8-10-15)20(21)22/h2-10,16H,11H2,1H3,(H,18,19). The molecule has 0 spiro atoms. The van der Waals surface area contributed by atoms with E-state index < -0.39 is 14.9 Å². The summed E-state index contributed by atoms with van der Waals surface area (Å²) in [5.41, 5.74) is 0.779. The molecule has 0 saturated carbocycles. The summed E-state index contributed by atoms with van der Waals surface area (Å²) < 4.78 is 27.1. The first-order chi connectivity index (χ1) is 11.8. The Kier molecular flexibility index (Phi) is 6.27. The Balaban J connectivity index is 2.19. The van der Waals surface area contributed by atoms with E-state index in [4.69, 9.17) is 0 Å². The second-order valence-corrected chi connectivity index (χ2v) is 7.48. The van der Waals surface area contributed by atoms with E-state index in [1.165, 1.54) is 12.1 Å². The number of sulfonamides is 1. The van der Waals surface area contributed by atoms with Crippen LogP contribution in [-0.2, 0) is 10.0 Å². The van der Waals surface area contributed by atoms with Gasteiger partial charge in [0.15, 0.2) is 0 Å². The van der Waals surface area contributed by atoms with Crippen LogP contribution in [-0.4, -0.2) is 24.5 Å². The Hall–Kier alpha value is -2.26. The van der Waals surface area contributed by atoms with Gasteiger partial charge in [0.05, 0.1) is 15.9 Å². The minimum absolute atomic E-state index is 0.0669. The van der Waals surface area contributed by atoms with Crippen LogP contribution >= 0.6 is 15.9 Å². The minimum Gasteiger partial charge on any atom is -0.267 e. The van der Waals surface area contributed by atoms with E-state index >= 15 is 0 Å². The van der Waals surface area contributed by atoms with Gasteiger partial charge in [0, 0.05) is 17.5 Å². The van der Waals surface area contributed by atoms with Gasteiger partial charge in [-0.25, -0.2) is 8.42 Å². The van der Waals surface area contributed by atoms with Crippen LogP contribution in [0.5, 0.6) is 0 Å². The average molecular weight is 426 g/mol. The number of aliphatic imine (C=N–C) groups is 1. The quantitative estimate of drug-likeness (QED) is 0.251. The molecule has 0 fully saturated rings. The van der Waals surface area contributed by atoms with Crippen molar-refractivity contribution in [2.75, 3.05) is 5.33 Å². The number of rotatable bonds is 6. The van der Waals surface area contributed by atoms with Gasteiger partial charge in [-0.1, -0.05) is 46.3 Å². The molecule has 0 heterocycles. The highest BCUT2D eigenvalue weighted by Crippen LogP contribution is 2.20. The third-order valence-electron chi connectivity index (χ3n) is 3.32. The maximum atomic E-state index is 12.4. The van der Waals surface area contributed by atoms with Crippen molar-refractivity contribution in [1.82, 2.24) is 4.72 Å². The summed E-state index contributed by atoms with van der Waals surface area (Å²) in [6, 6.07) is 13.9. The fourth-order valence-corrected chi connectivity index (χ4v) is 3.71. The van der Waals surface area contributed by atoms with E-state index in [2.05, 4.69) is 25.6 Å². The number of amidine groups is 1. The van der Waals surface area contributed by atoms with Crippen LogP contribution in [0.15, 0.2) is 64.5 Å². The number of nitro groups is 1. The highest BCUT2D eigenvalue weighted by atomic mass is 79.9. The van der Waals surface area contributed by atoms with Crippen LogP contribution in [0.4, 0.5) is 5.69 Å². The Morgan fingerprint density at radius 2 is 1.80 bits per heavy atom. The van der Waals surface area contributed by atoms with Crippen LogP contribution in [0.2, 0.25) is 0 Å². The van der Waals surface area contributed by atoms with Gasteiger partial charge in [-0.3, -0.25) is 19.8 Å². The van der Waals surface area contributed by atoms with Crippen molar-refractivity contribution in [2.45, 2.75) is 17.9 Å². The number of hydrogen-bond acceptors (Lipinski definition) is 5. The molecule has 0 saturated heterocycles. The molecule has 9 heteroatoms. The number of halogens is 1. The van der Waals surface area contributed by atoms with Gasteiger partial charge in [-0.15, -0.1) is 0 Å². The van der Waals surface area contributed by atoms with Crippen LogP contribution in [0.1, 0.15) is 18.5 Å². The number of non-ortho nitro benzene ring substituents is 1. The van der Waals surface area contributed by atoms with Gasteiger partial charge in [0.1, 0.15) is 5.84 Å². The van der Waals surface area contributed by atoms with E-state index in [-0.39, 0.29) is 22.5 Å². The summed E-state index contributed by atoms with van der Waals surface area (Å²) in [4.78, 5) is 14.4. The van der Waals surface area contributed by atoms with E-state index in [1.807, 2.05) is 30.3 Å². The maximum Gasteiger partial charge on any atom is 0.269 e. The molecule has 132 valence electrons. The fraction of sp³-hybridized carbons (Fsp3) is 0.188. The number of nitrogens with zero attached hydrogens (tertiary/aromatic N) is 2. The number of hydrogen-bond donors (Lipinski definition) is 1. The van der Waals surface area contributed by atoms with E-state index in [9.17, 15) is 18.5 Å². The van der Waals surface area contributed by atoms with Crippen molar-refractivity contribution < 1.29 is 13.3 Å². The molecule has 0 aliphatic carbocycles. The largest absolute Gasteiger partial charge is 0.269 e. The van der Waals surface area contributed by atoms with Crippen molar-refractivity contribution in [3.8, 4) is 0 Å². The SMILES string of the molecule is CC(=NC(CBr)c1ccccc1)NS(=O)(=O)c1ccc([N+](=O)[O-])cc1. The topological polar surface area (TPSA) is 102 Å². The molecule has 0 aromatic heterocycles. The van der Waals surface area contributed by atoms with E-state index in [1.54, 1.807) is 6.92 Å². The third-order valence-corrected chi connectivity index (χ3v) is 5.39. The normalized spacial score (nSPS) is 13.3. The molecule has 1 atom stereocenters. The number of alkyl halides is 1. The summed E-state index contributed by atoms with van der Waals surface area (Å²) in [6.45, 7) is 1.56. The summed E-state index contributed by atoms with van der Waals surface area (Å²) in [5.74, 6) is 0.228. The summed E-state index contributed by atoms with van der Waals surface area (Å²) in [5, 5.41) is 11.2. The Morgan fingerprint density at radius 3 is 2.32 bits per heavy atom. The first-order valence-corrected chi connectivity index (χ1v) is 9.86. The van der Waals surface area contributed by atoms with Gasteiger partial charge in [-0.05, 0) is 24.6 Å². The number of benzene rings is 2. The number of nitro benzene ring substituents is 1. The third kappa shape index (κ3) is 5.10. The van der Waals surface area contributed by atoms with Gasteiger partial charge >= 0.3 is 0 Å². The molecule has 0 aliphatic heterocycles. The Labute approximate surface area is 154 Å². The molecule has 1 unspecified atom stereocenters. The molecule has 7 nitrogen and oxygen atoms in total. The molecule has 1 N–H and O–H groups in total.